The fourth-order valence-corrected chi connectivity index (χ4v) is 3.12. The molecule has 0 bridgehead atoms. The Bertz CT molecular complexity index is 879. The molecule has 1 N–H and O–H groups in total. The molecule has 0 amide bonds. The number of nitrogens with one attached hydrogen (secondary N) is 1. The molecule has 2 aromatic rings. The van der Waals surface area contributed by atoms with E-state index in [1.165, 1.54) is 0 Å². The Hall–Kier alpha value is -2.55. The van der Waals surface area contributed by atoms with Gasteiger partial charge in [0.15, 0.2) is 11.5 Å². The summed E-state index contributed by atoms with van der Waals surface area (Å²) in [5.41, 5.74) is 0.669. The summed E-state index contributed by atoms with van der Waals surface area (Å²) in [5, 5.41) is 0. The molecule has 1 aromatic heterocycles. The van der Waals surface area contributed by atoms with E-state index in [1.807, 2.05) is 22.0 Å². The van der Waals surface area contributed by atoms with E-state index < -0.39 is 17.6 Å². The summed E-state index contributed by atoms with van der Waals surface area (Å²) in [5.74, 6) is 0.0578. The van der Waals surface area contributed by atoms with E-state index in [9.17, 15) is 18.0 Å². The zero-order valence-corrected chi connectivity index (χ0v) is 13.0. The average Bonchev–Trinajstić information content (AvgIpc) is 3.03. The van der Waals surface area contributed by atoms with Crippen molar-refractivity contribution < 1.29 is 22.6 Å². The number of fused-ring (bicyclic) bond motifs is 2. The van der Waals surface area contributed by atoms with Crippen LogP contribution in [0.5, 0.6) is 11.5 Å². The van der Waals surface area contributed by atoms with Crippen molar-refractivity contribution >= 4 is 0 Å². The molecule has 0 unspecified atom stereocenters. The van der Waals surface area contributed by atoms with E-state index in [2.05, 4.69) is 4.98 Å². The van der Waals surface area contributed by atoms with Crippen molar-refractivity contribution in [1.29, 1.82) is 0 Å². The fraction of sp³-hybridized carbons (Fsp3) is 0.375. The van der Waals surface area contributed by atoms with Crippen LogP contribution < -0.4 is 15.0 Å². The van der Waals surface area contributed by atoms with Crippen LogP contribution in [0.4, 0.5) is 13.2 Å². The lowest BCUT2D eigenvalue weighted by Crippen LogP contribution is -2.36. The van der Waals surface area contributed by atoms with Crippen LogP contribution in [0.3, 0.4) is 0 Å². The SMILES string of the molecule is O=c1[nH]c(C(F)(F)F)nc2c1CCN(Cc1cccc3c1OCO3)C2. The first-order chi connectivity index (χ1) is 11.9. The third-order valence-electron chi connectivity index (χ3n) is 4.29. The predicted molar refractivity (Wildman–Crippen MR) is 80.2 cm³/mol. The zero-order valence-electron chi connectivity index (χ0n) is 13.0. The number of ether oxygens (including phenoxy) is 2. The molecule has 1 aromatic carbocycles. The van der Waals surface area contributed by atoms with Crippen LogP contribution in [0.15, 0.2) is 23.0 Å². The van der Waals surface area contributed by atoms with Gasteiger partial charge in [0.25, 0.3) is 5.56 Å². The van der Waals surface area contributed by atoms with Gasteiger partial charge >= 0.3 is 6.18 Å². The molecule has 0 spiro atoms. The number of alkyl halides is 3. The maximum Gasteiger partial charge on any atom is 0.449 e. The molecule has 3 heterocycles. The second kappa shape index (κ2) is 5.76. The second-order valence-electron chi connectivity index (χ2n) is 5.95. The minimum Gasteiger partial charge on any atom is -0.454 e. The molecular weight excluding hydrogens is 339 g/mol. The van der Waals surface area contributed by atoms with Crippen LogP contribution in [-0.4, -0.2) is 28.2 Å². The number of halogens is 3. The number of rotatable bonds is 2. The van der Waals surface area contributed by atoms with Crippen molar-refractivity contribution in [2.45, 2.75) is 25.7 Å². The molecule has 0 radical (unpaired) electrons. The summed E-state index contributed by atoms with van der Waals surface area (Å²) in [7, 11) is 0. The van der Waals surface area contributed by atoms with Gasteiger partial charge in [0.2, 0.25) is 12.6 Å². The van der Waals surface area contributed by atoms with Gasteiger partial charge in [0.1, 0.15) is 0 Å². The highest BCUT2D eigenvalue weighted by Gasteiger charge is 2.36. The smallest absolute Gasteiger partial charge is 0.449 e. The van der Waals surface area contributed by atoms with Gasteiger partial charge in [0.05, 0.1) is 5.69 Å². The standard InChI is InChI=1S/C16H14F3N3O3/c17-16(18,19)15-20-11-7-22(5-4-10(11)14(23)21-15)6-9-2-1-3-12-13(9)25-8-24-12/h1-3H,4-8H2,(H,20,21,23). The van der Waals surface area contributed by atoms with Gasteiger partial charge in [-0.05, 0) is 12.5 Å². The van der Waals surface area contributed by atoms with Gasteiger partial charge in [-0.1, -0.05) is 12.1 Å². The van der Waals surface area contributed by atoms with Crippen molar-refractivity contribution in [2.24, 2.45) is 0 Å². The van der Waals surface area contributed by atoms with Gasteiger partial charge in [-0.15, -0.1) is 0 Å². The summed E-state index contributed by atoms with van der Waals surface area (Å²) in [6.07, 6.45) is -4.33. The second-order valence-corrected chi connectivity index (χ2v) is 5.95. The molecule has 0 saturated carbocycles. The number of para-hydroxylation sites is 1. The Balaban J connectivity index is 1.60. The lowest BCUT2D eigenvalue weighted by atomic mass is 10.1. The molecule has 2 aliphatic heterocycles. The summed E-state index contributed by atoms with van der Waals surface area (Å²) in [4.78, 5) is 19.3. The molecule has 0 aliphatic carbocycles. The number of aromatic nitrogens is 2. The Kier molecular flexibility index (Phi) is 3.68. The van der Waals surface area contributed by atoms with Gasteiger partial charge in [-0.3, -0.25) is 9.69 Å². The zero-order chi connectivity index (χ0) is 17.6. The topological polar surface area (TPSA) is 67.5 Å². The first-order valence-electron chi connectivity index (χ1n) is 7.71. The monoisotopic (exact) mass is 353 g/mol. The van der Waals surface area contributed by atoms with Crippen LogP contribution in [0.2, 0.25) is 0 Å². The molecule has 0 fully saturated rings. The largest absolute Gasteiger partial charge is 0.454 e. The van der Waals surface area contributed by atoms with E-state index in [0.29, 0.717) is 36.6 Å². The maximum absolute atomic E-state index is 12.9. The fourth-order valence-electron chi connectivity index (χ4n) is 3.12. The van der Waals surface area contributed by atoms with Crippen LogP contribution >= 0.6 is 0 Å². The minimum absolute atomic E-state index is 0.154. The summed E-state index contributed by atoms with van der Waals surface area (Å²) in [6.45, 7) is 1.35. The molecule has 0 saturated heterocycles. The quantitative estimate of drug-likeness (QED) is 0.895. The number of aromatic amines is 1. The van der Waals surface area contributed by atoms with Crippen LogP contribution in [0.25, 0.3) is 0 Å². The lowest BCUT2D eigenvalue weighted by Gasteiger charge is -2.28. The molecule has 25 heavy (non-hydrogen) atoms. The van der Waals surface area contributed by atoms with E-state index >= 15 is 0 Å². The van der Waals surface area contributed by atoms with Crippen molar-refractivity contribution in [3.63, 3.8) is 0 Å². The molecule has 4 rings (SSSR count). The van der Waals surface area contributed by atoms with Crippen molar-refractivity contribution in [3.8, 4) is 11.5 Å². The highest BCUT2D eigenvalue weighted by Crippen LogP contribution is 2.36. The lowest BCUT2D eigenvalue weighted by molar-refractivity contribution is -0.145. The number of hydrogen-bond donors (Lipinski definition) is 1. The Morgan fingerprint density at radius 3 is 2.92 bits per heavy atom. The van der Waals surface area contributed by atoms with Crippen molar-refractivity contribution in [1.82, 2.24) is 14.9 Å². The summed E-state index contributed by atoms with van der Waals surface area (Å²) in [6, 6.07) is 5.52. The highest BCUT2D eigenvalue weighted by molar-refractivity contribution is 5.48. The van der Waals surface area contributed by atoms with Crippen LogP contribution in [0.1, 0.15) is 22.6 Å². The van der Waals surface area contributed by atoms with E-state index in [0.717, 1.165) is 5.56 Å². The molecular formula is C16H14F3N3O3. The first-order valence-corrected chi connectivity index (χ1v) is 7.71. The van der Waals surface area contributed by atoms with Gasteiger partial charge < -0.3 is 14.5 Å². The summed E-state index contributed by atoms with van der Waals surface area (Å²) < 4.78 is 49.4. The number of H-pyrrole nitrogens is 1. The molecule has 0 atom stereocenters. The van der Waals surface area contributed by atoms with Crippen LogP contribution in [0, 0.1) is 0 Å². The van der Waals surface area contributed by atoms with Gasteiger partial charge in [0, 0.05) is 30.8 Å². The number of nitrogens with zero attached hydrogens (tertiary/aromatic N) is 2. The van der Waals surface area contributed by atoms with Gasteiger partial charge in [-0.25, -0.2) is 4.98 Å². The Morgan fingerprint density at radius 2 is 2.12 bits per heavy atom. The molecule has 132 valence electrons. The summed E-state index contributed by atoms with van der Waals surface area (Å²) >= 11 is 0. The molecule has 9 heteroatoms. The van der Waals surface area contributed by atoms with E-state index in [1.54, 1.807) is 6.07 Å². The molecule has 2 aliphatic rings. The third-order valence-corrected chi connectivity index (χ3v) is 4.29. The predicted octanol–water partition coefficient (Wildman–Crippen LogP) is 2.08. The van der Waals surface area contributed by atoms with Crippen molar-refractivity contribution in [3.05, 3.63) is 51.2 Å². The Morgan fingerprint density at radius 1 is 1.28 bits per heavy atom. The van der Waals surface area contributed by atoms with Gasteiger partial charge in [-0.2, -0.15) is 13.2 Å². The maximum atomic E-state index is 12.9. The number of benzene rings is 1. The van der Waals surface area contributed by atoms with Crippen molar-refractivity contribution in [2.75, 3.05) is 13.3 Å². The average molecular weight is 353 g/mol. The molecule has 6 nitrogen and oxygen atoms in total. The normalized spacial score (nSPS) is 16.8. The Labute approximate surface area is 140 Å². The third kappa shape index (κ3) is 2.95. The minimum atomic E-state index is -4.68. The van der Waals surface area contributed by atoms with Crippen LogP contribution in [-0.2, 0) is 25.7 Å². The van der Waals surface area contributed by atoms with E-state index in [4.69, 9.17) is 9.47 Å². The van der Waals surface area contributed by atoms with E-state index in [-0.39, 0.29) is 19.0 Å². The highest BCUT2D eigenvalue weighted by atomic mass is 19.4. The first kappa shape index (κ1) is 15.9. The number of hydrogen-bond acceptors (Lipinski definition) is 5.